The van der Waals surface area contributed by atoms with E-state index in [2.05, 4.69) is 20.8 Å². The molecule has 0 spiro atoms. The van der Waals surface area contributed by atoms with E-state index in [0.717, 1.165) is 57.8 Å². The van der Waals surface area contributed by atoms with E-state index < -0.39 is 6.10 Å². The molecule has 6 heteroatoms. The van der Waals surface area contributed by atoms with Crippen LogP contribution in [0.2, 0.25) is 0 Å². The fourth-order valence-corrected chi connectivity index (χ4v) is 8.80. The van der Waals surface area contributed by atoms with Gasteiger partial charge in [-0.2, -0.15) is 0 Å². The summed E-state index contributed by atoms with van der Waals surface area (Å²) in [5.41, 5.74) is 0. The molecule has 0 aliphatic rings. The van der Waals surface area contributed by atoms with Gasteiger partial charge in [0, 0.05) is 19.3 Å². The molecule has 0 fully saturated rings. The van der Waals surface area contributed by atoms with E-state index in [1.807, 2.05) is 0 Å². The van der Waals surface area contributed by atoms with Crippen LogP contribution in [0.3, 0.4) is 0 Å². The molecule has 63 heavy (non-hydrogen) atoms. The Balaban J connectivity index is 4.25. The van der Waals surface area contributed by atoms with Crippen LogP contribution in [0.1, 0.15) is 329 Å². The highest BCUT2D eigenvalue weighted by molar-refractivity contribution is 5.71. The van der Waals surface area contributed by atoms with Crippen LogP contribution in [0, 0.1) is 0 Å². The molecule has 1 atom stereocenters. The van der Waals surface area contributed by atoms with E-state index >= 15 is 0 Å². The number of unbranched alkanes of at least 4 members (excludes halogenated alkanes) is 42. The second kappa shape index (κ2) is 53.0. The number of ether oxygens (including phenoxy) is 3. The van der Waals surface area contributed by atoms with Crippen molar-refractivity contribution in [1.29, 1.82) is 0 Å². The Morgan fingerprint density at radius 2 is 0.429 bits per heavy atom. The van der Waals surface area contributed by atoms with Crippen molar-refractivity contribution in [3.63, 3.8) is 0 Å². The summed E-state index contributed by atoms with van der Waals surface area (Å²) in [6.07, 6.45) is 58.1. The number of esters is 3. The Labute approximate surface area is 393 Å². The summed E-state index contributed by atoms with van der Waals surface area (Å²) in [7, 11) is 0. The van der Waals surface area contributed by atoms with Gasteiger partial charge in [0.1, 0.15) is 13.2 Å². The summed E-state index contributed by atoms with van der Waals surface area (Å²) in [4.78, 5) is 38.1. The summed E-state index contributed by atoms with van der Waals surface area (Å²) in [5, 5.41) is 0. The molecular weight excluding hydrogens is 781 g/mol. The Hall–Kier alpha value is -1.59. The Kier molecular flexibility index (Phi) is 51.7. The van der Waals surface area contributed by atoms with Gasteiger partial charge in [-0.3, -0.25) is 14.4 Å². The lowest BCUT2D eigenvalue weighted by Crippen LogP contribution is -2.30. The highest BCUT2D eigenvalue weighted by atomic mass is 16.6. The van der Waals surface area contributed by atoms with Gasteiger partial charge in [0.05, 0.1) is 0 Å². The lowest BCUT2D eigenvalue weighted by atomic mass is 10.0. The molecule has 0 unspecified atom stereocenters. The monoisotopic (exact) mass is 891 g/mol. The molecule has 0 bridgehead atoms. The third kappa shape index (κ3) is 51.3. The first-order valence-electron chi connectivity index (χ1n) is 28.5. The lowest BCUT2D eigenvalue weighted by Gasteiger charge is -2.18. The summed E-state index contributed by atoms with van der Waals surface area (Å²) < 4.78 is 16.9. The normalized spacial score (nSPS) is 11.9. The minimum absolute atomic E-state index is 0.0612. The quantitative estimate of drug-likeness (QED) is 0.0344. The summed E-state index contributed by atoms with van der Waals surface area (Å²) in [6.45, 7) is 6.70. The van der Waals surface area contributed by atoms with Crippen LogP contribution in [0.5, 0.6) is 0 Å². The van der Waals surface area contributed by atoms with E-state index in [0.29, 0.717) is 19.3 Å². The van der Waals surface area contributed by atoms with Gasteiger partial charge in [0.15, 0.2) is 6.10 Å². The van der Waals surface area contributed by atoms with Crippen LogP contribution in [0.4, 0.5) is 0 Å². The maximum atomic E-state index is 12.8. The Morgan fingerprint density at radius 1 is 0.254 bits per heavy atom. The Morgan fingerprint density at radius 3 is 0.635 bits per heavy atom. The Bertz CT molecular complexity index is 936. The van der Waals surface area contributed by atoms with Gasteiger partial charge < -0.3 is 14.2 Å². The SMILES string of the molecule is CCCCCCCCCCCCCCCCCCCCC(=O)OC[C@@H](COC(=O)CCCCCCCCCCCCC)OC(=O)CCCCCCCCCCCCCCCCCC. The van der Waals surface area contributed by atoms with Crippen LogP contribution in [0.25, 0.3) is 0 Å². The zero-order valence-corrected chi connectivity index (χ0v) is 42.9. The fourth-order valence-electron chi connectivity index (χ4n) is 8.80. The molecule has 6 nitrogen and oxygen atoms in total. The second-order valence-corrected chi connectivity index (χ2v) is 19.6. The molecule has 0 amide bonds. The second-order valence-electron chi connectivity index (χ2n) is 19.6. The average Bonchev–Trinajstić information content (AvgIpc) is 3.28. The number of carbonyl (C=O) groups is 3. The van der Waals surface area contributed by atoms with Crippen LogP contribution in [-0.4, -0.2) is 37.2 Å². The molecule has 0 radical (unpaired) electrons. The van der Waals surface area contributed by atoms with Crippen LogP contribution >= 0.6 is 0 Å². The predicted molar refractivity (Wildman–Crippen MR) is 270 cm³/mol. The van der Waals surface area contributed by atoms with E-state index in [4.69, 9.17) is 14.2 Å². The molecule has 0 aliphatic heterocycles. The highest BCUT2D eigenvalue weighted by Crippen LogP contribution is 2.18. The minimum Gasteiger partial charge on any atom is -0.462 e. The number of carbonyl (C=O) groups excluding carboxylic acids is 3. The van der Waals surface area contributed by atoms with Crippen molar-refractivity contribution in [1.82, 2.24) is 0 Å². The first-order valence-corrected chi connectivity index (χ1v) is 28.5. The predicted octanol–water partition coefficient (Wildman–Crippen LogP) is 18.8. The topological polar surface area (TPSA) is 78.9 Å². The molecular formula is C57H110O6. The van der Waals surface area contributed by atoms with E-state index in [1.165, 1.54) is 231 Å². The standard InChI is InChI=1S/C57H110O6/c1-4-7-10-13-16-19-22-24-26-28-29-31-32-35-38-41-44-47-50-56(59)62-53-54(52-61-55(58)49-46-43-40-37-34-21-18-15-12-9-6-3)63-57(60)51-48-45-42-39-36-33-30-27-25-23-20-17-14-11-8-5-2/h54H,4-53H2,1-3H3/t54-/m1/s1. The zero-order chi connectivity index (χ0) is 45.8. The fraction of sp³-hybridized carbons (Fsp3) is 0.947. The molecule has 0 aromatic carbocycles. The minimum atomic E-state index is -0.760. The molecule has 0 saturated heterocycles. The van der Waals surface area contributed by atoms with Crippen molar-refractivity contribution >= 4 is 17.9 Å². The highest BCUT2D eigenvalue weighted by Gasteiger charge is 2.19. The number of rotatable bonds is 53. The van der Waals surface area contributed by atoms with Crippen molar-refractivity contribution in [2.75, 3.05) is 13.2 Å². The van der Waals surface area contributed by atoms with Crippen molar-refractivity contribution in [2.45, 2.75) is 335 Å². The summed E-state index contributed by atoms with van der Waals surface area (Å²) >= 11 is 0. The van der Waals surface area contributed by atoms with Gasteiger partial charge in [-0.05, 0) is 19.3 Å². The first kappa shape index (κ1) is 61.4. The molecule has 0 heterocycles. The van der Waals surface area contributed by atoms with Gasteiger partial charge in [-0.25, -0.2) is 0 Å². The molecule has 0 N–H and O–H groups in total. The molecule has 0 saturated carbocycles. The maximum Gasteiger partial charge on any atom is 0.306 e. The molecule has 0 aliphatic carbocycles. The third-order valence-corrected chi connectivity index (χ3v) is 13.1. The van der Waals surface area contributed by atoms with Crippen molar-refractivity contribution in [3.8, 4) is 0 Å². The average molecular weight is 892 g/mol. The molecule has 374 valence electrons. The van der Waals surface area contributed by atoms with Crippen molar-refractivity contribution in [3.05, 3.63) is 0 Å². The third-order valence-electron chi connectivity index (χ3n) is 13.1. The van der Waals surface area contributed by atoms with Crippen LogP contribution in [-0.2, 0) is 28.6 Å². The smallest absolute Gasteiger partial charge is 0.306 e. The maximum absolute atomic E-state index is 12.8. The van der Waals surface area contributed by atoms with Crippen LogP contribution < -0.4 is 0 Å². The largest absolute Gasteiger partial charge is 0.462 e. The van der Waals surface area contributed by atoms with Crippen molar-refractivity contribution < 1.29 is 28.6 Å². The van der Waals surface area contributed by atoms with E-state index in [-0.39, 0.29) is 31.1 Å². The summed E-state index contributed by atoms with van der Waals surface area (Å²) in [6, 6.07) is 0. The zero-order valence-electron chi connectivity index (χ0n) is 42.9. The van der Waals surface area contributed by atoms with Gasteiger partial charge in [0.2, 0.25) is 0 Å². The van der Waals surface area contributed by atoms with Crippen LogP contribution in [0.15, 0.2) is 0 Å². The van der Waals surface area contributed by atoms with E-state index in [1.54, 1.807) is 0 Å². The van der Waals surface area contributed by atoms with Gasteiger partial charge in [0.25, 0.3) is 0 Å². The molecule has 0 aromatic heterocycles. The molecule has 0 rings (SSSR count). The van der Waals surface area contributed by atoms with E-state index in [9.17, 15) is 14.4 Å². The van der Waals surface area contributed by atoms with Gasteiger partial charge in [-0.1, -0.05) is 290 Å². The molecule has 0 aromatic rings. The first-order chi connectivity index (χ1) is 31.0. The number of hydrogen-bond acceptors (Lipinski definition) is 6. The van der Waals surface area contributed by atoms with Crippen molar-refractivity contribution in [2.24, 2.45) is 0 Å². The van der Waals surface area contributed by atoms with Gasteiger partial charge >= 0.3 is 17.9 Å². The lowest BCUT2D eigenvalue weighted by molar-refractivity contribution is -0.167. The summed E-state index contributed by atoms with van der Waals surface area (Å²) in [5.74, 6) is -0.834. The number of hydrogen-bond donors (Lipinski definition) is 0. The van der Waals surface area contributed by atoms with Gasteiger partial charge in [-0.15, -0.1) is 0 Å².